The Morgan fingerprint density at radius 1 is 1.15 bits per heavy atom. The molecule has 0 heterocycles. The van der Waals surface area contributed by atoms with Gasteiger partial charge in [-0.15, -0.1) is 6.58 Å². The Morgan fingerprint density at radius 2 is 1.90 bits per heavy atom. The first kappa shape index (κ1) is 14.5. The molecule has 2 rings (SSSR count). The van der Waals surface area contributed by atoms with Crippen LogP contribution in [0.15, 0.2) is 67.3 Å². The van der Waals surface area contributed by atoms with Crippen LogP contribution >= 0.6 is 0 Å². The Labute approximate surface area is 120 Å². The van der Waals surface area contributed by atoms with Crippen LogP contribution in [-0.2, 0) is 12.1 Å². The molecule has 20 heavy (non-hydrogen) atoms. The number of nitrogens with one attached hydrogen (secondary N) is 1. The molecule has 0 bridgehead atoms. The van der Waals surface area contributed by atoms with Crippen LogP contribution in [0.4, 0.5) is 4.39 Å². The molecule has 1 N–H and O–H groups in total. The van der Waals surface area contributed by atoms with Gasteiger partial charge in [0.1, 0.15) is 5.82 Å². The molecule has 0 spiro atoms. The smallest absolute Gasteiger partial charge is 0.123 e. The van der Waals surface area contributed by atoms with E-state index in [9.17, 15) is 4.39 Å². The van der Waals surface area contributed by atoms with Gasteiger partial charge in [0.2, 0.25) is 0 Å². The first-order chi connectivity index (χ1) is 9.64. The molecule has 0 aliphatic carbocycles. The molecule has 0 aliphatic rings. The number of hydrogen-bond donors (Lipinski definition) is 1. The fourth-order valence-electron chi connectivity index (χ4n) is 2.31. The summed E-state index contributed by atoms with van der Waals surface area (Å²) >= 11 is 0. The Morgan fingerprint density at radius 3 is 2.55 bits per heavy atom. The maximum Gasteiger partial charge on any atom is 0.123 e. The fourth-order valence-corrected chi connectivity index (χ4v) is 2.31. The van der Waals surface area contributed by atoms with Crippen LogP contribution in [0.2, 0.25) is 0 Å². The lowest BCUT2D eigenvalue weighted by molar-refractivity contribution is 0.366. The van der Waals surface area contributed by atoms with Crippen molar-refractivity contribution in [3.05, 3.63) is 84.2 Å². The molecule has 0 fully saturated rings. The second-order valence-electron chi connectivity index (χ2n) is 5.17. The molecule has 2 aromatic rings. The third kappa shape index (κ3) is 3.55. The van der Waals surface area contributed by atoms with E-state index in [2.05, 4.69) is 31.0 Å². The molecule has 0 aromatic heterocycles. The van der Waals surface area contributed by atoms with E-state index < -0.39 is 0 Å². The zero-order chi connectivity index (χ0) is 14.4. The van der Waals surface area contributed by atoms with Crippen LogP contribution in [0, 0.1) is 5.82 Å². The Hall–Kier alpha value is -1.93. The van der Waals surface area contributed by atoms with E-state index >= 15 is 0 Å². The first-order valence-electron chi connectivity index (χ1n) is 6.80. The van der Waals surface area contributed by atoms with E-state index in [1.54, 1.807) is 12.1 Å². The van der Waals surface area contributed by atoms with Gasteiger partial charge in [-0.1, -0.05) is 48.5 Å². The van der Waals surface area contributed by atoms with Crippen molar-refractivity contribution in [2.75, 3.05) is 0 Å². The van der Waals surface area contributed by atoms with Gasteiger partial charge in [0.25, 0.3) is 0 Å². The highest BCUT2D eigenvalue weighted by molar-refractivity contribution is 5.26. The highest BCUT2D eigenvalue weighted by Gasteiger charge is 2.24. The normalized spacial score (nSPS) is 13.7. The number of halogens is 1. The van der Waals surface area contributed by atoms with Crippen LogP contribution in [0.3, 0.4) is 0 Å². The molecule has 0 saturated heterocycles. The SMILES string of the molecule is C=CCC(C)(NCc1ccccc1)c1cccc(F)c1. The number of rotatable bonds is 6. The summed E-state index contributed by atoms with van der Waals surface area (Å²) in [5.74, 6) is -0.209. The minimum atomic E-state index is -0.320. The van der Waals surface area contributed by atoms with Crippen LogP contribution in [0.25, 0.3) is 0 Å². The monoisotopic (exact) mass is 269 g/mol. The van der Waals surface area contributed by atoms with Crippen molar-refractivity contribution in [3.63, 3.8) is 0 Å². The summed E-state index contributed by atoms with van der Waals surface area (Å²) in [6.45, 7) is 6.63. The summed E-state index contributed by atoms with van der Waals surface area (Å²) in [6.07, 6.45) is 2.60. The van der Waals surface area contributed by atoms with E-state index in [1.807, 2.05) is 30.3 Å². The molecule has 2 aromatic carbocycles. The largest absolute Gasteiger partial charge is 0.303 e. The van der Waals surface area contributed by atoms with Gasteiger partial charge in [-0.3, -0.25) is 0 Å². The van der Waals surface area contributed by atoms with Crippen molar-refractivity contribution in [3.8, 4) is 0 Å². The van der Waals surface area contributed by atoms with Gasteiger partial charge in [0, 0.05) is 12.1 Å². The summed E-state index contributed by atoms with van der Waals surface area (Å²) < 4.78 is 13.4. The van der Waals surface area contributed by atoms with Crippen molar-refractivity contribution in [2.45, 2.75) is 25.4 Å². The minimum Gasteiger partial charge on any atom is -0.303 e. The average molecular weight is 269 g/mol. The third-order valence-electron chi connectivity index (χ3n) is 3.54. The summed E-state index contributed by atoms with van der Waals surface area (Å²) in [4.78, 5) is 0. The molecule has 0 aliphatic heterocycles. The molecule has 2 heteroatoms. The van der Waals surface area contributed by atoms with Gasteiger partial charge in [-0.2, -0.15) is 0 Å². The molecular formula is C18H20FN. The second-order valence-corrected chi connectivity index (χ2v) is 5.17. The van der Waals surface area contributed by atoms with E-state index in [4.69, 9.17) is 0 Å². The van der Waals surface area contributed by atoms with Crippen molar-refractivity contribution in [1.29, 1.82) is 0 Å². The standard InChI is InChI=1S/C18H20FN/c1-3-12-18(2,16-10-7-11-17(19)13-16)20-14-15-8-5-4-6-9-15/h3-11,13,20H,1,12,14H2,2H3. The fraction of sp³-hybridized carbons (Fsp3) is 0.222. The van der Waals surface area contributed by atoms with Crippen LogP contribution < -0.4 is 5.32 Å². The Balaban J connectivity index is 2.19. The van der Waals surface area contributed by atoms with Crippen molar-refractivity contribution >= 4 is 0 Å². The lowest BCUT2D eigenvalue weighted by Crippen LogP contribution is -2.38. The summed E-state index contributed by atoms with van der Waals surface area (Å²) in [7, 11) is 0. The van der Waals surface area contributed by atoms with Gasteiger partial charge in [0.05, 0.1) is 0 Å². The lowest BCUT2D eigenvalue weighted by Gasteiger charge is -2.31. The van der Waals surface area contributed by atoms with Crippen molar-refractivity contribution in [2.24, 2.45) is 0 Å². The van der Waals surface area contributed by atoms with Crippen LogP contribution in [0.5, 0.6) is 0 Å². The first-order valence-corrected chi connectivity index (χ1v) is 6.80. The molecule has 0 saturated carbocycles. The quantitative estimate of drug-likeness (QED) is 0.766. The minimum absolute atomic E-state index is 0.209. The zero-order valence-electron chi connectivity index (χ0n) is 11.8. The molecule has 1 atom stereocenters. The Bertz CT molecular complexity index is 565. The van der Waals surface area contributed by atoms with Gasteiger partial charge >= 0.3 is 0 Å². The summed E-state index contributed by atoms with van der Waals surface area (Å²) in [6, 6.07) is 16.9. The molecule has 1 unspecified atom stereocenters. The van der Waals surface area contributed by atoms with E-state index in [-0.39, 0.29) is 11.4 Å². The molecule has 0 amide bonds. The van der Waals surface area contributed by atoms with Crippen molar-refractivity contribution < 1.29 is 4.39 Å². The summed E-state index contributed by atoms with van der Waals surface area (Å²) in [5.41, 5.74) is 1.83. The molecular weight excluding hydrogens is 249 g/mol. The van der Waals surface area contributed by atoms with E-state index in [0.717, 1.165) is 18.5 Å². The average Bonchev–Trinajstić information content (AvgIpc) is 2.47. The summed E-state index contributed by atoms with van der Waals surface area (Å²) in [5, 5.41) is 3.52. The zero-order valence-corrected chi connectivity index (χ0v) is 11.8. The van der Waals surface area contributed by atoms with Gasteiger partial charge in [-0.05, 0) is 36.6 Å². The molecule has 1 nitrogen and oxygen atoms in total. The van der Waals surface area contributed by atoms with Gasteiger partial charge in [-0.25, -0.2) is 4.39 Å². The van der Waals surface area contributed by atoms with E-state index in [0.29, 0.717) is 0 Å². The van der Waals surface area contributed by atoms with Crippen LogP contribution in [-0.4, -0.2) is 0 Å². The molecule has 104 valence electrons. The number of benzene rings is 2. The second kappa shape index (κ2) is 6.49. The third-order valence-corrected chi connectivity index (χ3v) is 3.54. The predicted molar refractivity (Wildman–Crippen MR) is 81.8 cm³/mol. The highest BCUT2D eigenvalue weighted by Crippen LogP contribution is 2.26. The van der Waals surface area contributed by atoms with Gasteiger partial charge < -0.3 is 5.32 Å². The lowest BCUT2D eigenvalue weighted by atomic mass is 9.88. The van der Waals surface area contributed by atoms with Crippen LogP contribution in [0.1, 0.15) is 24.5 Å². The Kier molecular flexibility index (Phi) is 4.70. The number of hydrogen-bond acceptors (Lipinski definition) is 1. The highest BCUT2D eigenvalue weighted by atomic mass is 19.1. The van der Waals surface area contributed by atoms with E-state index in [1.165, 1.54) is 11.6 Å². The predicted octanol–water partition coefficient (Wildman–Crippen LogP) is 4.41. The maximum absolute atomic E-state index is 13.4. The topological polar surface area (TPSA) is 12.0 Å². The van der Waals surface area contributed by atoms with Gasteiger partial charge in [0.15, 0.2) is 0 Å². The van der Waals surface area contributed by atoms with Crippen molar-refractivity contribution in [1.82, 2.24) is 5.32 Å². The maximum atomic E-state index is 13.4. The molecule has 0 radical (unpaired) electrons.